The summed E-state index contributed by atoms with van der Waals surface area (Å²) < 4.78 is 2.44. The molecule has 2 heterocycles. The Bertz CT molecular complexity index is 2800. The molecule has 1 aromatic heterocycles. The van der Waals surface area contributed by atoms with Crippen LogP contribution in [0.1, 0.15) is 22.9 Å². The highest BCUT2D eigenvalue weighted by atomic mass is 15.1. The van der Waals surface area contributed by atoms with Crippen LogP contribution in [0, 0.1) is 0 Å². The maximum atomic E-state index is 5.40. The Morgan fingerprint density at radius 3 is 1.98 bits per heavy atom. The van der Waals surface area contributed by atoms with Crippen LogP contribution in [-0.4, -0.2) is 10.3 Å². The molecule has 1 aliphatic heterocycles. The third-order valence-electron chi connectivity index (χ3n) is 9.98. The number of rotatable bonds is 4. The molecule has 10 rings (SSSR count). The van der Waals surface area contributed by atoms with Gasteiger partial charge in [-0.3, -0.25) is 4.99 Å². The molecule has 0 spiro atoms. The number of aliphatic imine (C=N–C) groups is 1. The second kappa shape index (κ2) is 11.1. The molecule has 49 heavy (non-hydrogen) atoms. The molecule has 0 bridgehead atoms. The molecule has 3 heteroatoms. The molecule has 8 aromatic carbocycles. The molecule has 3 nitrogen and oxygen atoms in total. The molecule has 0 aliphatic carbocycles. The van der Waals surface area contributed by atoms with Crippen molar-refractivity contribution in [3.05, 3.63) is 193 Å². The smallest absolute Gasteiger partial charge is 0.146 e. The maximum absolute atomic E-state index is 5.40. The molecule has 1 aliphatic rings. The summed E-state index contributed by atoms with van der Waals surface area (Å²) in [6, 6.07) is 61.1. The largest absolute Gasteiger partial charge is 0.359 e. The molecule has 1 unspecified atom stereocenters. The third kappa shape index (κ3) is 4.55. The number of aromatic nitrogens is 1. The van der Waals surface area contributed by atoms with Crippen LogP contribution in [-0.2, 0) is 0 Å². The molecule has 0 fully saturated rings. The van der Waals surface area contributed by atoms with Crippen LogP contribution in [0.4, 0.5) is 0 Å². The van der Waals surface area contributed by atoms with Crippen molar-refractivity contribution >= 4 is 65.5 Å². The number of hydrogen-bond acceptors (Lipinski definition) is 2. The lowest BCUT2D eigenvalue weighted by Crippen LogP contribution is -2.25. The molecule has 230 valence electrons. The van der Waals surface area contributed by atoms with Gasteiger partial charge in [-0.2, -0.15) is 0 Å². The van der Waals surface area contributed by atoms with Gasteiger partial charge in [-0.25, -0.2) is 0 Å². The van der Waals surface area contributed by atoms with E-state index in [-0.39, 0.29) is 6.17 Å². The SMILES string of the molecule is C1=C(c2ccccc2)NC(c2cccc3c(-n4c5ccccc5c5cc6ccccc6cc54)cccc23)N=C1c1ccc2ccccc2c1. The van der Waals surface area contributed by atoms with Crippen LogP contribution >= 0.6 is 0 Å². The quantitative estimate of drug-likeness (QED) is 0.207. The lowest BCUT2D eigenvalue weighted by molar-refractivity contribution is 0.669. The Morgan fingerprint density at radius 1 is 0.449 bits per heavy atom. The lowest BCUT2D eigenvalue weighted by atomic mass is 9.97. The molecule has 1 N–H and O–H groups in total. The van der Waals surface area contributed by atoms with E-state index in [1.165, 1.54) is 54.1 Å². The number of allylic oxidation sites excluding steroid dienone is 1. The van der Waals surface area contributed by atoms with Crippen LogP contribution < -0.4 is 5.32 Å². The Kier molecular flexibility index (Phi) is 6.25. The topological polar surface area (TPSA) is 29.3 Å². The summed E-state index contributed by atoms with van der Waals surface area (Å²) in [6.45, 7) is 0. The Hall–Kier alpha value is -6.45. The van der Waals surface area contributed by atoms with Crippen LogP contribution in [0.5, 0.6) is 0 Å². The van der Waals surface area contributed by atoms with E-state index < -0.39 is 0 Å². The van der Waals surface area contributed by atoms with Gasteiger partial charge in [0.15, 0.2) is 0 Å². The number of benzene rings is 8. The molecule has 0 radical (unpaired) electrons. The molecule has 0 amide bonds. The van der Waals surface area contributed by atoms with Crippen LogP contribution in [0.25, 0.3) is 65.5 Å². The summed E-state index contributed by atoms with van der Waals surface area (Å²) in [4.78, 5) is 5.40. The van der Waals surface area contributed by atoms with Crippen LogP contribution in [0.15, 0.2) is 181 Å². The first kappa shape index (κ1) is 27.6. The van der Waals surface area contributed by atoms with E-state index >= 15 is 0 Å². The summed E-state index contributed by atoms with van der Waals surface area (Å²) in [5.74, 6) is 0. The summed E-state index contributed by atoms with van der Waals surface area (Å²) in [6.07, 6.45) is 1.91. The van der Waals surface area contributed by atoms with Crippen molar-refractivity contribution in [1.29, 1.82) is 0 Å². The average molecular weight is 626 g/mol. The van der Waals surface area contributed by atoms with Gasteiger partial charge in [0, 0.05) is 33.0 Å². The van der Waals surface area contributed by atoms with E-state index in [1.807, 2.05) is 0 Å². The minimum Gasteiger partial charge on any atom is -0.359 e. The highest BCUT2D eigenvalue weighted by molar-refractivity contribution is 6.16. The standard InChI is InChI=1S/C46H31N3/c1-2-13-31(14-3-1)41-29-42(35-25-24-30-12-4-5-15-32(30)26-35)48-46(47-41)39-21-10-20-37-36(39)19-11-23-44(37)49-43-22-9-8-18-38(43)40-27-33-16-6-7-17-34(33)28-45(40)49/h1-29,46-47H. The zero-order valence-electron chi connectivity index (χ0n) is 26.7. The third-order valence-corrected chi connectivity index (χ3v) is 9.98. The van der Waals surface area contributed by atoms with Crippen LogP contribution in [0.3, 0.4) is 0 Å². The zero-order valence-corrected chi connectivity index (χ0v) is 26.7. The second-order valence-electron chi connectivity index (χ2n) is 12.8. The summed E-state index contributed by atoms with van der Waals surface area (Å²) >= 11 is 0. The maximum Gasteiger partial charge on any atom is 0.146 e. The summed E-state index contributed by atoms with van der Waals surface area (Å²) in [5, 5.41) is 13.6. The minimum absolute atomic E-state index is 0.275. The van der Waals surface area contributed by atoms with E-state index in [0.717, 1.165) is 33.8 Å². The van der Waals surface area contributed by atoms with E-state index in [1.54, 1.807) is 0 Å². The number of hydrogen-bond donors (Lipinski definition) is 1. The summed E-state index contributed by atoms with van der Waals surface area (Å²) in [5.41, 5.74) is 8.99. The number of para-hydroxylation sites is 1. The highest BCUT2D eigenvalue weighted by Crippen LogP contribution is 2.39. The fourth-order valence-corrected chi connectivity index (χ4v) is 7.64. The van der Waals surface area contributed by atoms with Crippen molar-refractivity contribution < 1.29 is 0 Å². The number of nitrogens with one attached hydrogen (secondary N) is 1. The Labute approximate surface area is 284 Å². The van der Waals surface area contributed by atoms with Crippen molar-refractivity contribution in [2.75, 3.05) is 0 Å². The monoisotopic (exact) mass is 625 g/mol. The highest BCUT2D eigenvalue weighted by Gasteiger charge is 2.23. The van der Waals surface area contributed by atoms with Gasteiger partial charge in [0.25, 0.3) is 0 Å². The van der Waals surface area contributed by atoms with Crippen molar-refractivity contribution in [1.82, 2.24) is 9.88 Å². The fourth-order valence-electron chi connectivity index (χ4n) is 7.64. The van der Waals surface area contributed by atoms with Crippen molar-refractivity contribution in [2.24, 2.45) is 4.99 Å². The van der Waals surface area contributed by atoms with E-state index in [2.05, 4.69) is 186 Å². The normalized spacial score (nSPS) is 14.7. The van der Waals surface area contributed by atoms with Gasteiger partial charge in [0.1, 0.15) is 6.17 Å². The van der Waals surface area contributed by atoms with Gasteiger partial charge in [0.05, 0.1) is 22.4 Å². The van der Waals surface area contributed by atoms with Crippen molar-refractivity contribution in [3.63, 3.8) is 0 Å². The van der Waals surface area contributed by atoms with Gasteiger partial charge in [0.2, 0.25) is 0 Å². The zero-order chi connectivity index (χ0) is 32.3. The Morgan fingerprint density at radius 2 is 1.12 bits per heavy atom. The van der Waals surface area contributed by atoms with E-state index in [0.29, 0.717) is 0 Å². The van der Waals surface area contributed by atoms with Gasteiger partial charge in [-0.1, -0.05) is 140 Å². The van der Waals surface area contributed by atoms with E-state index in [9.17, 15) is 0 Å². The predicted molar refractivity (Wildman–Crippen MR) is 207 cm³/mol. The second-order valence-corrected chi connectivity index (χ2v) is 12.8. The first-order chi connectivity index (χ1) is 24.3. The number of nitrogens with zero attached hydrogens (tertiary/aromatic N) is 2. The first-order valence-electron chi connectivity index (χ1n) is 16.8. The van der Waals surface area contributed by atoms with E-state index in [4.69, 9.17) is 4.99 Å². The molecule has 0 saturated heterocycles. The lowest BCUT2D eigenvalue weighted by Gasteiger charge is -2.26. The van der Waals surface area contributed by atoms with Gasteiger partial charge >= 0.3 is 0 Å². The molecule has 1 atom stereocenters. The van der Waals surface area contributed by atoms with Gasteiger partial charge < -0.3 is 9.88 Å². The molecular weight excluding hydrogens is 595 g/mol. The van der Waals surface area contributed by atoms with Crippen LogP contribution in [0.2, 0.25) is 0 Å². The molecule has 0 saturated carbocycles. The number of fused-ring (bicyclic) bond motifs is 6. The fraction of sp³-hybridized carbons (Fsp3) is 0.0217. The first-order valence-corrected chi connectivity index (χ1v) is 16.8. The predicted octanol–water partition coefficient (Wildman–Crippen LogP) is 11.4. The average Bonchev–Trinajstić information content (AvgIpc) is 3.49. The van der Waals surface area contributed by atoms with Crippen molar-refractivity contribution in [3.8, 4) is 5.69 Å². The van der Waals surface area contributed by atoms with Gasteiger partial charge in [-0.05, 0) is 68.9 Å². The molecule has 9 aromatic rings. The summed E-state index contributed by atoms with van der Waals surface area (Å²) in [7, 11) is 0. The van der Waals surface area contributed by atoms with Gasteiger partial charge in [-0.15, -0.1) is 0 Å². The van der Waals surface area contributed by atoms with Crippen molar-refractivity contribution in [2.45, 2.75) is 6.17 Å². The Balaban J connectivity index is 1.18. The minimum atomic E-state index is -0.275. The molecular formula is C46H31N3.